The molecule has 0 aliphatic heterocycles. The van der Waals surface area contributed by atoms with Gasteiger partial charge in [0.2, 0.25) is 0 Å². The average Bonchev–Trinajstić information content (AvgIpc) is 2.67. The molecule has 134 valence electrons. The number of methoxy groups -OCH3 is 1. The monoisotopic (exact) mass is 353 g/mol. The van der Waals surface area contributed by atoms with Crippen molar-refractivity contribution in [3.05, 3.63) is 60.5 Å². The quantitative estimate of drug-likeness (QED) is 0.454. The lowest BCUT2D eigenvalue weighted by Crippen LogP contribution is -2.02. The van der Waals surface area contributed by atoms with Gasteiger partial charge >= 0.3 is 5.97 Å². The van der Waals surface area contributed by atoms with E-state index in [0.29, 0.717) is 13.0 Å². The highest BCUT2D eigenvalue weighted by Gasteiger charge is 2.05. The number of fused-ring (bicyclic) bond motifs is 1. The van der Waals surface area contributed by atoms with Crippen LogP contribution in [0.3, 0.4) is 0 Å². The summed E-state index contributed by atoms with van der Waals surface area (Å²) in [5.41, 5.74) is 2.49. The van der Waals surface area contributed by atoms with Crippen LogP contribution >= 0.6 is 0 Å². The zero-order valence-corrected chi connectivity index (χ0v) is 14.6. The maximum absolute atomic E-state index is 13.4. The second-order valence-electron chi connectivity index (χ2n) is 5.97. The molecular formula is C21H20FNO3. The number of ether oxygens (including phenoxy) is 2. The molecule has 1 heterocycles. The molecule has 3 rings (SSSR count). The highest BCUT2D eigenvalue weighted by molar-refractivity contribution is 5.84. The second kappa shape index (κ2) is 8.43. The normalized spacial score (nSPS) is 10.7. The molecular weight excluding hydrogens is 333 g/mol. The molecule has 0 amide bonds. The van der Waals surface area contributed by atoms with Crippen molar-refractivity contribution in [3.63, 3.8) is 0 Å². The van der Waals surface area contributed by atoms with Crippen LogP contribution in [0.2, 0.25) is 0 Å². The largest absolute Gasteiger partial charge is 0.494 e. The van der Waals surface area contributed by atoms with Crippen LogP contribution in [0.15, 0.2) is 54.7 Å². The van der Waals surface area contributed by atoms with Crippen LogP contribution in [0.25, 0.3) is 22.0 Å². The van der Waals surface area contributed by atoms with Crippen molar-refractivity contribution in [1.82, 2.24) is 4.98 Å². The molecule has 2 aromatic carbocycles. The highest BCUT2D eigenvalue weighted by atomic mass is 19.1. The summed E-state index contributed by atoms with van der Waals surface area (Å²) in [6, 6.07) is 14.1. The molecule has 0 radical (unpaired) electrons. The van der Waals surface area contributed by atoms with E-state index in [1.807, 2.05) is 30.3 Å². The van der Waals surface area contributed by atoms with Crippen LogP contribution in [-0.4, -0.2) is 24.7 Å². The van der Waals surface area contributed by atoms with Gasteiger partial charge in [0, 0.05) is 23.6 Å². The van der Waals surface area contributed by atoms with E-state index in [1.54, 1.807) is 12.3 Å². The van der Waals surface area contributed by atoms with Gasteiger partial charge in [-0.2, -0.15) is 0 Å². The number of carbonyl (C=O) groups is 1. The Morgan fingerprint density at radius 2 is 1.96 bits per heavy atom. The number of aromatic nitrogens is 1. The number of pyridine rings is 1. The number of rotatable bonds is 7. The Balaban J connectivity index is 1.68. The lowest BCUT2D eigenvalue weighted by Gasteiger charge is -2.08. The zero-order valence-electron chi connectivity index (χ0n) is 14.6. The predicted octanol–water partition coefficient (Wildman–Crippen LogP) is 4.76. The van der Waals surface area contributed by atoms with Crippen molar-refractivity contribution in [2.75, 3.05) is 13.7 Å². The van der Waals surface area contributed by atoms with Gasteiger partial charge in [-0.25, -0.2) is 4.39 Å². The molecule has 0 saturated carbocycles. The standard InChI is InChI=1S/C21H20FNO3/c1-25-21(24)7-2-3-10-26-19-8-9-20-16(13-19)11-17(14-23-20)15-5-4-6-18(22)12-15/h4-6,8-9,11-14H,2-3,7,10H2,1H3. The van der Waals surface area contributed by atoms with E-state index in [2.05, 4.69) is 9.72 Å². The predicted molar refractivity (Wildman–Crippen MR) is 98.5 cm³/mol. The van der Waals surface area contributed by atoms with E-state index in [4.69, 9.17) is 4.74 Å². The Bertz CT molecular complexity index is 911. The van der Waals surface area contributed by atoms with Gasteiger partial charge in [-0.1, -0.05) is 12.1 Å². The van der Waals surface area contributed by atoms with Gasteiger partial charge in [0.1, 0.15) is 11.6 Å². The minimum atomic E-state index is -0.272. The van der Waals surface area contributed by atoms with Gasteiger partial charge in [-0.3, -0.25) is 9.78 Å². The first kappa shape index (κ1) is 17.9. The second-order valence-corrected chi connectivity index (χ2v) is 5.97. The molecule has 0 unspecified atom stereocenters. The molecule has 0 saturated heterocycles. The SMILES string of the molecule is COC(=O)CCCCOc1ccc2ncc(-c3cccc(F)c3)cc2c1. The molecule has 0 aliphatic rings. The molecule has 4 nitrogen and oxygen atoms in total. The van der Waals surface area contributed by atoms with Crippen LogP contribution in [-0.2, 0) is 9.53 Å². The van der Waals surface area contributed by atoms with Crippen LogP contribution in [0.4, 0.5) is 4.39 Å². The highest BCUT2D eigenvalue weighted by Crippen LogP contribution is 2.26. The van der Waals surface area contributed by atoms with Gasteiger partial charge in [0.05, 0.1) is 19.2 Å². The van der Waals surface area contributed by atoms with E-state index in [1.165, 1.54) is 19.2 Å². The van der Waals surface area contributed by atoms with E-state index >= 15 is 0 Å². The molecule has 5 heteroatoms. The number of esters is 1. The fraction of sp³-hybridized carbons (Fsp3) is 0.238. The summed E-state index contributed by atoms with van der Waals surface area (Å²) in [6.07, 6.45) is 3.64. The topological polar surface area (TPSA) is 48.4 Å². The van der Waals surface area contributed by atoms with E-state index in [-0.39, 0.29) is 11.8 Å². The smallest absolute Gasteiger partial charge is 0.305 e. The zero-order chi connectivity index (χ0) is 18.4. The third-order valence-electron chi connectivity index (χ3n) is 4.08. The third kappa shape index (κ3) is 4.57. The fourth-order valence-corrected chi connectivity index (χ4v) is 2.69. The number of benzene rings is 2. The molecule has 0 aliphatic carbocycles. The van der Waals surface area contributed by atoms with Gasteiger partial charge in [-0.15, -0.1) is 0 Å². The Morgan fingerprint density at radius 1 is 1.08 bits per heavy atom. The molecule has 0 atom stereocenters. The summed E-state index contributed by atoms with van der Waals surface area (Å²) >= 11 is 0. The maximum Gasteiger partial charge on any atom is 0.305 e. The molecule has 1 aromatic heterocycles. The van der Waals surface area contributed by atoms with Crippen LogP contribution in [0, 0.1) is 5.82 Å². The van der Waals surface area contributed by atoms with Crippen molar-refractivity contribution in [3.8, 4) is 16.9 Å². The Labute approximate surface area is 151 Å². The third-order valence-corrected chi connectivity index (χ3v) is 4.08. The number of unbranched alkanes of at least 4 members (excludes halogenated alkanes) is 1. The minimum Gasteiger partial charge on any atom is -0.494 e. The van der Waals surface area contributed by atoms with Crippen molar-refractivity contribution < 1.29 is 18.7 Å². The first-order valence-corrected chi connectivity index (χ1v) is 8.51. The van der Waals surface area contributed by atoms with Gasteiger partial charge in [0.25, 0.3) is 0 Å². The number of hydrogen-bond acceptors (Lipinski definition) is 4. The number of halogens is 1. The molecule has 0 bridgehead atoms. The van der Waals surface area contributed by atoms with E-state index in [9.17, 15) is 9.18 Å². The number of hydrogen-bond donors (Lipinski definition) is 0. The minimum absolute atomic E-state index is 0.202. The molecule has 3 aromatic rings. The van der Waals surface area contributed by atoms with Crippen molar-refractivity contribution in [2.24, 2.45) is 0 Å². The summed E-state index contributed by atoms with van der Waals surface area (Å²) in [4.78, 5) is 15.5. The van der Waals surface area contributed by atoms with Crippen LogP contribution < -0.4 is 4.74 Å². The molecule has 0 fully saturated rings. The summed E-state index contributed by atoms with van der Waals surface area (Å²) in [5.74, 6) is 0.270. The van der Waals surface area contributed by atoms with Crippen LogP contribution in [0.5, 0.6) is 5.75 Å². The summed E-state index contributed by atoms with van der Waals surface area (Å²) in [5, 5.41) is 0.929. The lowest BCUT2D eigenvalue weighted by molar-refractivity contribution is -0.140. The van der Waals surface area contributed by atoms with Gasteiger partial charge in [0.15, 0.2) is 0 Å². The average molecular weight is 353 g/mol. The van der Waals surface area contributed by atoms with Crippen molar-refractivity contribution >= 4 is 16.9 Å². The van der Waals surface area contributed by atoms with Crippen LogP contribution in [0.1, 0.15) is 19.3 Å². The Morgan fingerprint density at radius 3 is 2.77 bits per heavy atom. The van der Waals surface area contributed by atoms with Crippen molar-refractivity contribution in [2.45, 2.75) is 19.3 Å². The lowest BCUT2D eigenvalue weighted by atomic mass is 10.1. The summed E-state index contributed by atoms with van der Waals surface area (Å²) in [6.45, 7) is 0.527. The Kier molecular flexibility index (Phi) is 5.79. The summed E-state index contributed by atoms with van der Waals surface area (Å²) in [7, 11) is 1.39. The maximum atomic E-state index is 13.4. The van der Waals surface area contributed by atoms with Gasteiger partial charge < -0.3 is 9.47 Å². The molecule has 0 spiro atoms. The first-order chi connectivity index (χ1) is 12.7. The Hall–Kier alpha value is -2.95. The van der Waals surface area contributed by atoms with E-state index < -0.39 is 0 Å². The summed E-state index contributed by atoms with van der Waals surface area (Å²) < 4.78 is 23.8. The number of carbonyl (C=O) groups excluding carboxylic acids is 1. The molecule has 26 heavy (non-hydrogen) atoms. The van der Waals surface area contributed by atoms with Gasteiger partial charge in [-0.05, 0) is 54.8 Å². The number of nitrogens with zero attached hydrogens (tertiary/aromatic N) is 1. The van der Waals surface area contributed by atoms with Crippen molar-refractivity contribution in [1.29, 1.82) is 0 Å². The first-order valence-electron chi connectivity index (χ1n) is 8.51. The molecule has 0 N–H and O–H groups in total. The van der Waals surface area contributed by atoms with E-state index in [0.717, 1.165) is 40.6 Å². The fourth-order valence-electron chi connectivity index (χ4n) is 2.69.